The van der Waals surface area contributed by atoms with Gasteiger partial charge in [0.25, 0.3) is 0 Å². The highest BCUT2D eigenvalue weighted by Crippen LogP contribution is 2.14. The van der Waals surface area contributed by atoms with Crippen LogP contribution < -0.4 is 4.74 Å². The fourth-order valence-corrected chi connectivity index (χ4v) is 2.95. The lowest BCUT2D eigenvalue weighted by molar-refractivity contribution is 0.306. The summed E-state index contributed by atoms with van der Waals surface area (Å²) in [6, 6.07) is 34.5. The van der Waals surface area contributed by atoms with Crippen molar-refractivity contribution in [1.29, 1.82) is 0 Å². The third-order valence-corrected chi connectivity index (χ3v) is 4.91. The Morgan fingerprint density at radius 1 is 0.667 bits per heavy atom. The average Bonchev–Trinajstić information content (AvgIpc) is 2.89. The Hall–Kier alpha value is -3.92. The summed E-state index contributed by atoms with van der Waals surface area (Å²) in [6.07, 6.45) is 10.4. The molecular formula is C30H25BrO2. The van der Waals surface area contributed by atoms with E-state index in [4.69, 9.17) is 22.7 Å². The van der Waals surface area contributed by atoms with Crippen LogP contribution in [-0.2, 0) is 11.9 Å². The molecule has 2 nitrogen and oxygen atoms in total. The molecule has 4 rings (SSSR count). The standard InChI is InChI=1S/C15H12O.C8H6O.C7H7Br/c1-2-13-9-6-10-15(11-13)16-12-14-7-4-3-5-8-14;1-2-7-4-3-5-8(9)6-7;8-6-7-4-2-1-3-5-7/h1,3-11H,12H2;1,3-6,9H;1-5H,6H2. The largest absolute Gasteiger partial charge is 0.508 e. The SMILES string of the molecule is BrCc1ccccc1.C#Cc1cccc(O)c1.C#Cc1cccc(OCc2ccccc2)c1. The Kier molecular flexibility index (Phi) is 11.5. The van der Waals surface area contributed by atoms with Crippen molar-refractivity contribution in [3.05, 3.63) is 131 Å². The van der Waals surface area contributed by atoms with Crippen molar-refractivity contribution in [1.82, 2.24) is 0 Å². The van der Waals surface area contributed by atoms with Crippen molar-refractivity contribution in [3.63, 3.8) is 0 Å². The molecule has 0 spiro atoms. The number of phenols is 1. The Labute approximate surface area is 205 Å². The molecule has 0 bridgehead atoms. The number of terminal acetylenes is 2. The summed E-state index contributed by atoms with van der Waals surface area (Å²) >= 11 is 3.36. The summed E-state index contributed by atoms with van der Waals surface area (Å²) in [5, 5.41) is 9.80. The highest BCUT2D eigenvalue weighted by Gasteiger charge is 1.96. The minimum Gasteiger partial charge on any atom is -0.508 e. The van der Waals surface area contributed by atoms with Gasteiger partial charge in [-0.3, -0.25) is 0 Å². The summed E-state index contributed by atoms with van der Waals surface area (Å²) < 4.78 is 5.64. The molecule has 0 amide bonds. The molecule has 0 heterocycles. The minimum atomic E-state index is 0.213. The van der Waals surface area contributed by atoms with Crippen molar-refractivity contribution < 1.29 is 9.84 Å². The van der Waals surface area contributed by atoms with Gasteiger partial charge >= 0.3 is 0 Å². The van der Waals surface area contributed by atoms with Gasteiger partial charge in [-0.2, -0.15) is 0 Å². The van der Waals surface area contributed by atoms with Crippen LogP contribution in [0.15, 0.2) is 109 Å². The molecule has 0 saturated carbocycles. The summed E-state index contributed by atoms with van der Waals surface area (Å²) in [5.41, 5.74) is 4.02. The molecule has 33 heavy (non-hydrogen) atoms. The van der Waals surface area contributed by atoms with Gasteiger partial charge in [0.2, 0.25) is 0 Å². The number of aromatic hydroxyl groups is 1. The second-order valence-corrected chi connectivity index (χ2v) is 7.32. The van der Waals surface area contributed by atoms with Crippen molar-refractivity contribution in [2.75, 3.05) is 0 Å². The third-order valence-electron chi connectivity index (χ3n) is 4.26. The van der Waals surface area contributed by atoms with Crippen molar-refractivity contribution >= 4 is 15.9 Å². The Balaban J connectivity index is 0.000000192. The van der Waals surface area contributed by atoms with Crippen LogP contribution in [0.4, 0.5) is 0 Å². The van der Waals surface area contributed by atoms with Gasteiger partial charge in [0.1, 0.15) is 18.1 Å². The van der Waals surface area contributed by atoms with Crippen molar-refractivity contribution in [2.45, 2.75) is 11.9 Å². The maximum Gasteiger partial charge on any atom is 0.121 e. The molecule has 0 aliphatic carbocycles. The topological polar surface area (TPSA) is 29.5 Å². The quantitative estimate of drug-likeness (QED) is 0.239. The number of rotatable bonds is 4. The summed E-state index contributed by atoms with van der Waals surface area (Å²) in [4.78, 5) is 0. The predicted octanol–water partition coefficient (Wildman–Crippen LogP) is 7.20. The fourth-order valence-electron chi connectivity index (χ4n) is 2.58. The monoisotopic (exact) mass is 496 g/mol. The Morgan fingerprint density at radius 3 is 1.70 bits per heavy atom. The number of alkyl halides is 1. The Bertz CT molecular complexity index is 1170. The smallest absolute Gasteiger partial charge is 0.121 e. The fraction of sp³-hybridized carbons (Fsp3) is 0.0667. The van der Waals surface area contributed by atoms with Gasteiger partial charge in [-0.25, -0.2) is 0 Å². The van der Waals surface area contributed by atoms with Crippen LogP contribution in [0.3, 0.4) is 0 Å². The first-order chi connectivity index (χ1) is 16.1. The minimum absolute atomic E-state index is 0.213. The molecular weight excluding hydrogens is 472 g/mol. The number of halogens is 1. The Morgan fingerprint density at radius 2 is 1.21 bits per heavy atom. The number of benzene rings is 4. The number of hydrogen-bond donors (Lipinski definition) is 1. The van der Waals surface area contributed by atoms with Crippen LogP contribution in [0.1, 0.15) is 22.3 Å². The average molecular weight is 497 g/mol. The van der Waals surface area contributed by atoms with E-state index in [1.54, 1.807) is 24.3 Å². The molecule has 3 heteroatoms. The second kappa shape index (κ2) is 15.0. The number of ether oxygens (including phenoxy) is 1. The first kappa shape index (κ1) is 25.3. The molecule has 0 saturated heterocycles. The molecule has 0 aromatic heterocycles. The summed E-state index contributed by atoms with van der Waals surface area (Å²) in [6.45, 7) is 0.564. The van der Waals surface area contributed by atoms with Gasteiger partial charge < -0.3 is 9.84 Å². The number of phenolic OH excluding ortho intramolecular Hbond substituents is 1. The van der Waals surface area contributed by atoms with Crippen molar-refractivity contribution in [3.8, 4) is 36.2 Å². The molecule has 0 radical (unpaired) electrons. The first-order valence-electron chi connectivity index (χ1n) is 10.2. The van der Waals surface area contributed by atoms with E-state index in [0.717, 1.165) is 22.2 Å². The van der Waals surface area contributed by atoms with Gasteiger partial charge in [-0.05, 0) is 47.5 Å². The summed E-state index contributed by atoms with van der Waals surface area (Å²) in [7, 11) is 0. The first-order valence-corrected chi connectivity index (χ1v) is 11.4. The van der Waals surface area contributed by atoms with Gasteiger partial charge in [0, 0.05) is 16.5 Å². The van der Waals surface area contributed by atoms with Crippen LogP contribution in [0, 0.1) is 24.7 Å². The lowest BCUT2D eigenvalue weighted by Gasteiger charge is -2.06. The maximum atomic E-state index is 8.85. The van der Waals surface area contributed by atoms with Gasteiger partial charge in [0.15, 0.2) is 0 Å². The molecule has 164 valence electrons. The molecule has 0 aliphatic rings. The molecule has 0 unspecified atom stereocenters. The van der Waals surface area contributed by atoms with Crippen LogP contribution in [0.25, 0.3) is 0 Å². The second-order valence-electron chi connectivity index (χ2n) is 6.76. The zero-order valence-electron chi connectivity index (χ0n) is 18.2. The van der Waals surface area contributed by atoms with E-state index in [-0.39, 0.29) is 5.75 Å². The van der Waals surface area contributed by atoms with Gasteiger partial charge in [-0.1, -0.05) is 101 Å². The lowest BCUT2D eigenvalue weighted by Crippen LogP contribution is -1.94. The van der Waals surface area contributed by atoms with E-state index in [1.807, 2.05) is 72.8 Å². The molecule has 4 aromatic rings. The van der Waals surface area contributed by atoms with E-state index in [2.05, 4.69) is 39.9 Å². The number of hydrogen-bond acceptors (Lipinski definition) is 2. The van der Waals surface area contributed by atoms with Crippen LogP contribution >= 0.6 is 15.9 Å². The van der Waals surface area contributed by atoms with E-state index >= 15 is 0 Å². The van der Waals surface area contributed by atoms with E-state index in [1.165, 1.54) is 5.56 Å². The van der Waals surface area contributed by atoms with Gasteiger partial charge in [-0.15, -0.1) is 12.8 Å². The summed E-state index contributed by atoms with van der Waals surface area (Å²) in [5.74, 6) is 6.01. The molecule has 0 atom stereocenters. The lowest BCUT2D eigenvalue weighted by atomic mass is 10.2. The van der Waals surface area contributed by atoms with Crippen molar-refractivity contribution in [2.24, 2.45) is 0 Å². The van der Waals surface area contributed by atoms with E-state index in [9.17, 15) is 0 Å². The predicted molar refractivity (Wildman–Crippen MR) is 140 cm³/mol. The van der Waals surface area contributed by atoms with Gasteiger partial charge in [0.05, 0.1) is 0 Å². The zero-order chi connectivity index (χ0) is 23.7. The maximum absolute atomic E-state index is 8.85. The molecule has 0 fully saturated rings. The zero-order valence-corrected chi connectivity index (χ0v) is 19.8. The molecule has 4 aromatic carbocycles. The van der Waals surface area contributed by atoms with Crippen LogP contribution in [-0.4, -0.2) is 5.11 Å². The normalized spacial score (nSPS) is 9.06. The molecule has 1 N–H and O–H groups in total. The molecule has 0 aliphatic heterocycles. The third kappa shape index (κ3) is 10.3. The highest BCUT2D eigenvalue weighted by atomic mass is 79.9. The van der Waals surface area contributed by atoms with Crippen LogP contribution in [0.2, 0.25) is 0 Å². The highest BCUT2D eigenvalue weighted by molar-refractivity contribution is 9.08. The van der Waals surface area contributed by atoms with E-state index in [0.29, 0.717) is 12.2 Å². The van der Waals surface area contributed by atoms with E-state index < -0.39 is 0 Å². The van der Waals surface area contributed by atoms with Crippen LogP contribution in [0.5, 0.6) is 11.5 Å².